The molecule has 1 amide bonds. The molecule has 1 aromatic heterocycles. The predicted octanol–water partition coefficient (Wildman–Crippen LogP) is -5.59. The molecule has 0 fully saturated rings. The molecule has 11 heavy (non-hydrogen) atoms. The minimum Gasteiger partial charge on any atom is -1.00 e. The van der Waals surface area contributed by atoms with Crippen molar-refractivity contribution in [2.24, 2.45) is 5.73 Å². The Morgan fingerprint density at radius 3 is 2.45 bits per heavy atom. The van der Waals surface area contributed by atoms with Crippen molar-refractivity contribution in [1.82, 2.24) is 4.98 Å². The Morgan fingerprint density at radius 2 is 2.18 bits per heavy atom. The Balaban J connectivity index is -0.000000101. The van der Waals surface area contributed by atoms with Gasteiger partial charge in [-0.25, -0.2) is 0 Å². The smallest absolute Gasteiger partial charge is 1.00 e. The van der Waals surface area contributed by atoms with Crippen LogP contribution >= 0.6 is 0 Å². The number of hydrogen-bond donors (Lipinski definition) is 1. The van der Waals surface area contributed by atoms with E-state index in [2.05, 4.69) is 4.98 Å². The first-order valence-electron chi connectivity index (χ1n) is 2.50. The van der Waals surface area contributed by atoms with Gasteiger partial charge in [0.15, 0.2) is 0 Å². The summed E-state index contributed by atoms with van der Waals surface area (Å²) in [4.78, 5) is 14.1. The van der Waals surface area contributed by atoms with Crippen molar-refractivity contribution in [2.75, 3.05) is 0 Å². The molecule has 0 aliphatic rings. The van der Waals surface area contributed by atoms with Gasteiger partial charge in [0.05, 0.1) is 5.56 Å². The maximum absolute atomic E-state index is 10.4. The van der Waals surface area contributed by atoms with Crippen LogP contribution in [0.3, 0.4) is 0 Å². The van der Waals surface area contributed by atoms with E-state index in [9.17, 15) is 4.79 Å². The molecule has 50 valence electrons. The van der Waals surface area contributed by atoms with Crippen molar-refractivity contribution in [2.45, 2.75) is 0 Å². The number of carbonyl (C=O) groups is 1. The number of carbonyl (C=O) groups excluding carboxylic acids is 1. The van der Waals surface area contributed by atoms with Crippen LogP contribution in [-0.4, -0.2) is 10.9 Å². The van der Waals surface area contributed by atoms with Crippen molar-refractivity contribution in [3.05, 3.63) is 30.1 Å². The maximum atomic E-state index is 10.4. The van der Waals surface area contributed by atoms with Gasteiger partial charge in [-0.2, -0.15) is 0 Å². The number of rotatable bonds is 1. The Hall–Kier alpha value is 0.620. The van der Waals surface area contributed by atoms with Crippen molar-refractivity contribution in [1.29, 1.82) is 0 Å². The number of nitrogens with two attached hydrogens (primary N) is 1. The first kappa shape index (κ1) is 14.2. The van der Waals surface area contributed by atoms with Crippen LogP contribution in [-0.2, 0) is 0 Å². The van der Waals surface area contributed by atoms with E-state index in [0.717, 1.165) is 0 Å². The average Bonchev–Trinajstić information content (AvgIpc) is 1.90. The van der Waals surface area contributed by atoms with E-state index >= 15 is 0 Å². The Kier molecular flexibility index (Phi) is 9.37. The van der Waals surface area contributed by atoms with Gasteiger partial charge < -0.3 is 8.59 Å². The first-order valence-corrected chi connectivity index (χ1v) is 2.50. The van der Waals surface area contributed by atoms with E-state index < -0.39 is 5.91 Å². The maximum Gasteiger partial charge on any atom is 1.00 e. The van der Waals surface area contributed by atoms with Crippen molar-refractivity contribution in [3.8, 4) is 0 Å². The van der Waals surface area contributed by atoms with Crippen molar-refractivity contribution < 1.29 is 66.8 Å². The number of aromatic nitrogens is 1. The van der Waals surface area contributed by atoms with Crippen LogP contribution in [0, 0.1) is 0 Å². The molecule has 0 atom stereocenters. The van der Waals surface area contributed by atoms with E-state index in [1.807, 2.05) is 0 Å². The SMILES string of the molecule is NC(=O)c1cccnc1.[H-].[H-].[Na+].[Na+]. The van der Waals surface area contributed by atoms with Gasteiger partial charge in [0.25, 0.3) is 0 Å². The van der Waals surface area contributed by atoms with Crippen LogP contribution in [0.2, 0.25) is 0 Å². The molecular formula is C6H8N2Na2O. The van der Waals surface area contributed by atoms with Crippen molar-refractivity contribution in [3.63, 3.8) is 0 Å². The Bertz CT molecular complexity index is 223. The molecule has 0 spiro atoms. The Labute approximate surface area is 112 Å². The molecular weight excluding hydrogens is 162 g/mol. The summed E-state index contributed by atoms with van der Waals surface area (Å²) in [7, 11) is 0. The molecule has 1 rings (SSSR count). The standard InChI is InChI=1S/C6H6N2O.2Na.2H/c7-6(9)5-2-1-3-8-4-5;;;;/h1-4H,(H2,7,9);;;;/q;2*+1;2*-1. The second-order valence-electron chi connectivity index (χ2n) is 1.61. The predicted molar refractivity (Wildman–Crippen MR) is 35.0 cm³/mol. The molecule has 1 heterocycles. The largest absolute Gasteiger partial charge is 1.00 e. The Morgan fingerprint density at radius 1 is 1.55 bits per heavy atom. The zero-order valence-electron chi connectivity index (χ0n) is 8.74. The van der Waals surface area contributed by atoms with Gasteiger partial charge in [-0.1, -0.05) is 0 Å². The minimum atomic E-state index is -0.442. The summed E-state index contributed by atoms with van der Waals surface area (Å²) < 4.78 is 0. The summed E-state index contributed by atoms with van der Waals surface area (Å²) >= 11 is 0. The second-order valence-corrected chi connectivity index (χ2v) is 1.61. The average molecular weight is 170 g/mol. The molecule has 3 nitrogen and oxygen atoms in total. The van der Waals surface area contributed by atoms with E-state index in [4.69, 9.17) is 5.73 Å². The van der Waals surface area contributed by atoms with Gasteiger partial charge in [0.1, 0.15) is 0 Å². The fourth-order valence-electron chi connectivity index (χ4n) is 0.509. The van der Waals surface area contributed by atoms with Crippen molar-refractivity contribution >= 4 is 5.91 Å². The fraction of sp³-hybridized carbons (Fsp3) is 0. The van der Waals surface area contributed by atoms with Crippen LogP contribution in [0.15, 0.2) is 24.5 Å². The third-order valence-electron chi connectivity index (χ3n) is 0.946. The summed E-state index contributed by atoms with van der Waals surface area (Å²) in [5.74, 6) is -0.442. The van der Waals surface area contributed by atoms with Gasteiger partial charge >= 0.3 is 59.1 Å². The summed E-state index contributed by atoms with van der Waals surface area (Å²) in [6, 6.07) is 3.29. The van der Waals surface area contributed by atoms with Crippen LogP contribution in [0.1, 0.15) is 13.2 Å². The molecule has 0 radical (unpaired) electrons. The topological polar surface area (TPSA) is 56.0 Å². The van der Waals surface area contributed by atoms with Gasteiger partial charge in [0.2, 0.25) is 5.91 Å². The van der Waals surface area contributed by atoms with Gasteiger partial charge in [-0.3, -0.25) is 9.78 Å². The molecule has 0 aliphatic heterocycles. The summed E-state index contributed by atoms with van der Waals surface area (Å²) in [6.07, 6.45) is 3.02. The number of amides is 1. The molecule has 0 bridgehead atoms. The molecule has 0 unspecified atom stereocenters. The summed E-state index contributed by atoms with van der Waals surface area (Å²) in [6.45, 7) is 0. The monoisotopic (exact) mass is 170 g/mol. The molecule has 0 aliphatic carbocycles. The fourth-order valence-corrected chi connectivity index (χ4v) is 0.509. The molecule has 0 aromatic carbocycles. The number of pyridine rings is 1. The minimum absolute atomic E-state index is 0. The van der Waals surface area contributed by atoms with Gasteiger partial charge in [0, 0.05) is 12.4 Å². The molecule has 1 aromatic rings. The third kappa shape index (κ3) is 4.95. The zero-order chi connectivity index (χ0) is 6.69. The number of hydrogen-bond acceptors (Lipinski definition) is 2. The van der Waals surface area contributed by atoms with Crippen LogP contribution < -0.4 is 64.8 Å². The quantitative estimate of drug-likeness (QED) is 0.427. The number of primary amides is 1. The molecule has 2 N–H and O–H groups in total. The van der Waals surface area contributed by atoms with Crippen LogP contribution in [0.4, 0.5) is 0 Å². The molecule has 0 saturated heterocycles. The second kappa shape index (κ2) is 7.28. The van der Waals surface area contributed by atoms with Crippen LogP contribution in [0.25, 0.3) is 0 Å². The van der Waals surface area contributed by atoms with Gasteiger partial charge in [-0.05, 0) is 12.1 Å². The van der Waals surface area contributed by atoms with Crippen LogP contribution in [0.5, 0.6) is 0 Å². The van der Waals surface area contributed by atoms with E-state index in [1.165, 1.54) is 6.20 Å². The normalized spacial score (nSPS) is 7.27. The third-order valence-corrected chi connectivity index (χ3v) is 0.946. The summed E-state index contributed by atoms with van der Waals surface area (Å²) in [5.41, 5.74) is 5.38. The first-order chi connectivity index (χ1) is 4.30. The summed E-state index contributed by atoms with van der Waals surface area (Å²) in [5, 5.41) is 0. The van der Waals surface area contributed by atoms with Gasteiger partial charge in [-0.15, -0.1) is 0 Å². The van der Waals surface area contributed by atoms with E-state index in [1.54, 1.807) is 18.3 Å². The zero-order valence-corrected chi connectivity index (χ0v) is 10.7. The van der Waals surface area contributed by atoms with E-state index in [0.29, 0.717) is 5.56 Å². The van der Waals surface area contributed by atoms with E-state index in [-0.39, 0.29) is 62.0 Å². The number of nitrogens with zero attached hydrogens (tertiary/aromatic N) is 1. The molecule has 5 heteroatoms. The molecule has 0 saturated carbocycles.